The van der Waals surface area contributed by atoms with Crippen LogP contribution in [0.15, 0.2) is 24.5 Å². The molecule has 1 N–H and O–H groups in total. The van der Waals surface area contributed by atoms with E-state index in [1.165, 1.54) is 0 Å². The van der Waals surface area contributed by atoms with Crippen LogP contribution in [0.3, 0.4) is 0 Å². The molecule has 4 nitrogen and oxygen atoms in total. The van der Waals surface area contributed by atoms with E-state index in [0.717, 1.165) is 5.56 Å². The number of carbonyl (C=O) groups is 1. The van der Waals surface area contributed by atoms with Crippen LogP contribution >= 0.6 is 0 Å². The summed E-state index contributed by atoms with van der Waals surface area (Å²) >= 11 is 0. The zero-order valence-electron chi connectivity index (χ0n) is 11.6. The van der Waals surface area contributed by atoms with Crippen LogP contribution in [0.5, 0.6) is 0 Å². The molecule has 1 unspecified atom stereocenters. The molecule has 0 saturated carbocycles. The molecule has 18 heavy (non-hydrogen) atoms. The van der Waals surface area contributed by atoms with E-state index in [2.05, 4.69) is 37.6 Å². The molecule has 1 rings (SSSR count). The molecule has 1 heterocycles. The van der Waals surface area contributed by atoms with Crippen molar-refractivity contribution in [3.8, 4) is 0 Å². The molecule has 0 aliphatic rings. The van der Waals surface area contributed by atoms with Gasteiger partial charge in [0.25, 0.3) is 0 Å². The molecule has 1 aromatic rings. The Kier molecular flexibility index (Phi) is 4.84. The summed E-state index contributed by atoms with van der Waals surface area (Å²) in [5.74, 6) is -0.758. The van der Waals surface area contributed by atoms with Gasteiger partial charge in [-0.2, -0.15) is 0 Å². The van der Waals surface area contributed by atoms with Crippen molar-refractivity contribution < 1.29 is 9.90 Å². The number of hydrogen-bond donors (Lipinski definition) is 1. The van der Waals surface area contributed by atoms with E-state index in [1.54, 1.807) is 12.4 Å². The largest absolute Gasteiger partial charge is 0.481 e. The fourth-order valence-electron chi connectivity index (χ4n) is 2.15. The third-order valence-electron chi connectivity index (χ3n) is 3.08. The van der Waals surface area contributed by atoms with E-state index in [0.29, 0.717) is 6.54 Å². The first-order valence-corrected chi connectivity index (χ1v) is 6.21. The maximum absolute atomic E-state index is 10.8. The predicted octanol–water partition coefficient (Wildman–Crippen LogP) is 2.72. The van der Waals surface area contributed by atoms with Crippen molar-refractivity contribution in [3.63, 3.8) is 0 Å². The highest BCUT2D eigenvalue weighted by molar-refractivity contribution is 5.66. The number of aliphatic carboxylic acids is 1. The van der Waals surface area contributed by atoms with Gasteiger partial charge in [-0.05, 0) is 45.4 Å². The van der Waals surface area contributed by atoms with Crippen LogP contribution in [0.4, 0.5) is 0 Å². The second kappa shape index (κ2) is 5.96. The Morgan fingerprint density at radius 1 is 1.39 bits per heavy atom. The molecule has 1 aromatic heterocycles. The van der Waals surface area contributed by atoms with Gasteiger partial charge >= 0.3 is 5.97 Å². The molecule has 0 aromatic carbocycles. The lowest BCUT2D eigenvalue weighted by Gasteiger charge is -2.40. The van der Waals surface area contributed by atoms with Gasteiger partial charge in [-0.25, -0.2) is 0 Å². The summed E-state index contributed by atoms with van der Waals surface area (Å²) in [4.78, 5) is 17.0. The predicted molar refractivity (Wildman–Crippen MR) is 71.4 cm³/mol. The molecular weight excluding hydrogens is 228 g/mol. The minimum absolute atomic E-state index is 0.0713. The van der Waals surface area contributed by atoms with Gasteiger partial charge < -0.3 is 5.11 Å². The Hall–Kier alpha value is -1.42. The number of carboxylic acid groups (broad SMARTS) is 1. The lowest BCUT2D eigenvalue weighted by atomic mass is 9.99. The summed E-state index contributed by atoms with van der Waals surface area (Å²) < 4.78 is 0. The molecule has 0 fully saturated rings. The summed E-state index contributed by atoms with van der Waals surface area (Å²) in [6, 6.07) is 4.13. The first-order valence-electron chi connectivity index (χ1n) is 6.21. The maximum Gasteiger partial charge on any atom is 0.304 e. The maximum atomic E-state index is 10.8. The van der Waals surface area contributed by atoms with Gasteiger partial charge in [0.05, 0.1) is 6.42 Å². The van der Waals surface area contributed by atoms with Crippen LogP contribution in [0.2, 0.25) is 0 Å². The number of nitrogens with zero attached hydrogens (tertiary/aromatic N) is 2. The molecule has 0 radical (unpaired) electrons. The number of carboxylic acids is 1. The van der Waals surface area contributed by atoms with Gasteiger partial charge in [-0.3, -0.25) is 14.7 Å². The monoisotopic (exact) mass is 250 g/mol. The number of rotatable bonds is 5. The molecule has 0 aliphatic heterocycles. The van der Waals surface area contributed by atoms with Gasteiger partial charge in [0.1, 0.15) is 0 Å². The lowest BCUT2D eigenvalue weighted by molar-refractivity contribution is -0.137. The smallest absolute Gasteiger partial charge is 0.304 e. The van der Waals surface area contributed by atoms with E-state index in [1.807, 2.05) is 12.1 Å². The van der Waals surface area contributed by atoms with Crippen molar-refractivity contribution in [1.82, 2.24) is 9.88 Å². The fourth-order valence-corrected chi connectivity index (χ4v) is 2.15. The second-order valence-corrected chi connectivity index (χ2v) is 5.46. The summed E-state index contributed by atoms with van der Waals surface area (Å²) in [5, 5.41) is 8.84. The summed E-state index contributed by atoms with van der Waals surface area (Å²) in [7, 11) is 0. The lowest BCUT2D eigenvalue weighted by Crippen LogP contribution is -2.44. The van der Waals surface area contributed by atoms with Crippen molar-refractivity contribution in [1.29, 1.82) is 0 Å². The van der Waals surface area contributed by atoms with Crippen LogP contribution in [-0.2, 0) is 4.79 Å². The van der Waals surface area contributed by atoms with Gasteiger partial charge in [0.2, 0.25) is 0 Å². The minimum Gasteiger partial charge on any atom is -0.481 e. The van der Waals surface area contributed by atoms with Crippen molar-refractivity contribution in [2.24, 2.45) is 0 Å². The van der Waals surface area contributed by atoms with Gasteiger partial charge in [-0.15, -0.1) is 0 Å². The SMILES string of the molecule is CC(c1ccncc1)N(CCC(=O)O)C(C)(C)C. The van der Waals surface area contributed by atoms with E-state index in [-0.39, 0.29) is 18.0 Å². The fraction of sp³-hybridized carbons (Fsp3) is 0.571. The highest BCUT2D eigenvalue weighted by atomic mass is 16.4. The molecule has 0 amide bonds. The van der Waals surface area contributed by atoms with Crippen LogP contribution in [0.1, 0.15) is 45.7 Å². The quantitative estimate of drug-likeness (QED) is 0.873. The molecule has 1 atom stereocenters. The Morgan fingerprint density at radius 2 is 1.94 bits per heavy atom. The van der Waals surface area contributed by atoms with Gasteiger partial charge in [0, 0.05) is 30.5 Å². The summed E-state index contributed by atoms with van der Waals surface area (Å²) in [6.45, 7) is 8.95. The third-order valence-corrected chi connectivity index (χ3v) is 3.08. The molecule has 0 saturated heterocycles. The first kappa shape index (κ1) is 14.6. The van der Waals surface area contributed by atoms with E-state index >= 15 is 0 Å². The van der Waals surface area contributed by atoms with E-state index in [9.17, 15) is 4.79 Å². The summed E-state index contributed by atoms with van der Waals surface area (Å²) in [6.07, 6.45) is 3.69. The van der Waals surface area contributed by atoms with E-state index in [4.69, 9.17) is 5.11 Å². The Morgan fingerprint density at radius 3 is 2.39 bits per heavy atom. The average Bonchev–Trinajstić information content (AvgIpc) is 2.28. The highest BCUT2D eigenvalue weighted by Gasteiger charge is 2.27. The molecule has 0 spiro atoms. The number of aromatic nitrogens is 1. The topological polar surface area (TPSA) is 53.4 Å². The van der Waals surface area contributed by atoms with Crippen LogP contribution in [0.25, 0.3) is 0 Å². The van der Waals surface area contributed by atoms with E-state index < -0.39 is 5.97 Å². The zero-order valence-corrected chi connectivity index (χ0v) is 11.6. The molecule has 0 aliphatic carbocycles. The first-order chi connectivity index (χ1) is 8.32. The molecule has 100 valence electrons. The van der Waals surface area contributed by atoms with Gasteiger partial charge in [0.15, 0.2) is 0 Å². The van der Waals surface area contributed by atoms with Crippen molar-refractivity contribution >= 4 is 5.97 Å². The van der Waals surface area contributed by atoms with Crippen molar-refractivity contribution in [2.45, 2.75) is 45.7 Å². The van der Waals surface area contributed by atoms with Crippen LogP contribution < -0.4 is 0 Å². The van der Waals surface area contributed by atoms with Crippen LogP contribution in [-0.4, -0.2) is 33.0 Å². The molecular formula is C14H22N2O2. The minimum atomic E-state index is -0.758. The van der Waals surface area contributed by atoms with Crippen molar-refractivity contribution in [3.05, 3.63) is 30.1 Å². The normalized spacial score (nSPS) is 13.6. The highest BCUT2D eigenvalue weighted by Crippen LogP contribution is 2.27. The Bertz CT molecular complexity index is 385. The number of pyridine rings is 1. The standard InChI is InChI=1S/C14H22N2O2/c1-11(12-5-8-15-9-6-12)16(14(2,3)4)10-7-13(17)18/h5-6,8-9,11H,7,10H2,1-4H3,(H,17,18). The summed E-state index contributed by atoms with van der Waals surface area (Å²) in [5.41, 5.74) is 1.09. The Labute approximate surface area is 109 Å². The van der Waals surface area contributed by atoms with Gasteiger partial charge in [-0.1, -0.05) is 0 Å². The zero-order chi connectivity index (χ0) is 13.8. The Balaban J connectivity index is 2.86. The second-order valence-electron chi connectivity index (χ2n) is 5.46. The number of hydrogen-bond acceptors (Lipinski definition) is 3. The van der Waals surface area contributed by atoms with Crippen LogP contribution in [0, 0.1) is 0 Å². The average molecular weight is 250 g/mol. The molecule has 4 heteroatoms. The van der Waals surface area contributed by atoms with Crippen molar-refractivity contribution in [2.75, 3.05) is 6.54 Å². The third kappa shape index (κ3) is 4.11. The molecule has 0 bridgehead atoms.